The number of rotatable bonds is 3. The smallest absolute Gasteiger partial charge is 0.414 e. The SMILES string of the molecule is CC(C)OC(=O)Nc1nc2ccccc2n1C(=N)Oc1cccc(C(C)(C)C)c1. The van der Waals surface area contributed by atoms with E-state index in [4.69, 9.17) is 14.9 Å². The first-order valence-corrected chi connectivity index (χ1v) is 9.47. The highest BCUT2D eigenvalue weighted by Crippen LogP contribution is 2.26. The summed E-state index contributed by atoms with van der Waals surface area (Å²) in [7, 11) is 0. The Morgan fingerprint density at radius 3 is 2.55 bits per heavy atom. The Hall–Kier alpha value is -3.35. The van der Waals surface area contributed by atoms with Crippen molar-refractivity contribution in [1.29, 1.82) is 5.41 Å². The van der Waals surface area contributed by atoms with Crippen LogP contribution in [-0.4, -0.2) is 27.8 Å². The fourth-order valence-corrected chi connectivity index (χ4v) is 2.83. The van der Waals surface area contributed by atoms with E-state index in [1.165, 1.54) is 4.57 Å². The maximum Gasteiger partial charge on any atom is 0.414 e. The van der Waals surface area contributed by atoms with E-state index in [-0.39, 0.29) is 23.5 Å². The van der Waals surface area contributed by atoms with Crippen LogP contribution in [0.1, 0.15) is 40.2 Å². The second-order valence-corrected chi connectivity index (χ2v) is 8.02. The maximum absolute atomic E-state index is 12.1. The molecule has 0 fully saturated rings. The summed E-state index contributed by atoms with van der Waals surface area (Å²) in [6.45, 7) is 9.86. The molecule has 0 saturated carbocycles. The number of hydrogen-bond acceptors (Lipinski definition) is 5. The molecule has 0 atom stereocenters. The molecule has 0 bridgehead atoms. The predicted molar refractivity (Wildman–Crippen MR) is 114 cm³/mol. The molecule has 1 heterocycles. The third kappa shape index (κ3) is 4.74. The van der Waals surface area contributed by atoms with Crippen molar-refractivity contribution in [2.24, 2.45) is 0 Å². The van der Waals surface area contributed by atoms with Gasteiger partial charge in [-0.2, -0.15) is 0 Å². The van der Waals surface area contributed by atoms with Gasteiger partial charge in [0.25, 0.3) is 0 Å². The Balaban J connectivity index is 1.94. The van der Waals surface area contributed by atoms with Crippen LogP contribution >= 0.6 is 0 Å². The summed E-state index contributed by atoms with van der Waals surface area (Å²) in [5.74, 6) is 0.699. The molecule has 7 nitrogen and oxygen atoms in total. The molecule has 0 aliphatic carbocycles. The molecular weight excluding hydrogens is 368 g/mol. The Labute approximate surface area is 170 Å². The lowest BCUT2D eigenvalue weighted by atomic mass is 9.87. The highest BCUT2D eigenvalue weighted by molar-refractivity contribution is 5.95. The number of nitrogens with zero attached hydrogens (tertiary/aromatic N) is 2. The van der Waals surface area contributed by atoms with E-state index in [0.29, 0.717) is 16.8 Å². The number of nitrogens with one attached hydrogen (secondary N) is 2. The Kier molecular flexibility index (Phi) is 5.59. The van der Waals surface area contributed by atoms with Gasteiger partial charge in [0.1, 0.15) is 5.75 Å². The predicted octanol–water partition coefficient (Wildman–Crippen LogP) is 5.15. The summed E-state index contributed by atoms with van der Waals surface area (Å²) in [5, 5.41) is 11.1. The van der Waals surface area contributed by atoms with Crippen molar-refractivity contribution >= 4 is 29.1 Å². The van der Waals surface area contributed by atoms with Crippen LogP contribution in [0.15, 0.2) is 48.5 Å². The van der Waals surface area contributed by atoms with E-state index >= 15 is 0 Å². The molecule has 3 rings (SSSR count). The van der Waals surface area contributed by atoms with Gasteiger partial charge in [-0.1, -0.05) is 45.0 Å². The molecule has 29 heavy (non-hydrogen) atoms. The standard InChI is InChI=1S/C22H26N4O3/c1-14(2)28-21(27)25-20-24-17-11-6-7-12-18(17)26(20)19(23)29-16-10-8-9-15(13-16)22(3,4)5/h6-14,23H,1-5H3,(H,24,25,27). The van der Waals surface area contributed by atoms with E-state index in [1.807, 2.05) is 36.4 Å². The molecule has 3 aromatic rings. The molecule has 0 spiro atoms. The second-order valence-electron chi connectivity index (χ2n) is 8.02. The van der Waals surface area contributed by atoms with Crippen LogP contribution in [-0.2, 0) is 10.2 Å². The van der Waals surface area contributed by atoms with Crippen LogP contribution in [0, 0.1) is 5.41 Å². The molecule has 152 valence electrons. The van der Waals surface area contributed by atoms with Gasteiger partial charge in [0.05, 0.1) is 17.1 Å². The molecule has 1 amide bonds. The number of carbonyl (C=O) groups excluding carboxylic acids is 1. The minimum Gasteiger partial charge on any atom is -0.447 e. The van der Waals surface area contributed by atoms with Crippen LogP contribution in [0.2, 0.25) is 0 Å². The molecule has 1 aromatic heterocycles. The summed E-state index contributed by atoms with van der Waals surface area (Å²) in [6.07, 6.45) is -0.914. The minimum atomic E-state index is -0.640. The van der Waals surface area contributed by atoms with Crippen molar-refractivity contribution in [2.75, 3.05) is 5.32 Å². The van der Waals surface area contributed by atoms with E-state index in [1.54, 1.807) is 26.0 Å². The number of benzene rings is 2. The first-order chi connectivity index (χ1) is 13.6. The van der Waals surface area contributed by atoms with Gasteiger partial charge in [0.2, 0.25) is 5.95 Å². The Morgan fingerprint density at radius 2 is 1.86 bits per heavy atom. The van der Waals surface area contributed by atoms with Crippen molar-refractivity contribution in [3.8, 4) is 5.75 Å². The number of aromatic nitrogens is 2. The van der Waals surface area contributed by atoms with Crippen molar-refractivity contribution in [2.45, 2.75) is 46.1 Å². The summed E-state index contributed by atoms with van der Waals surface area (Å²) in [4.78, 5) is 16.5. The number of fused-ring (bicyclic) bond motifs is 1. The molecule has 2 N–H and O–H groups in total. The van der Waals surface area contributed by atoms with E-state index in [9.17, 15) is 4.79 Å². The average molecular weight is 394 g/mol. The van der Waals surface area contributed by atoms with Gasteiger partial charge in [-0.05, 0) is 49.1 Å². The first-order valence-electron chi connectivity index (χ1n) is 9.47. The van der Waals surface area contributed by atoms with Gasteiger partial charge in [-0.3, -0.25) is 10.7 Å². The van der Waals surface area contributed by atoms with Crippen LogP contribution in [0.3, 0.4) is 0 Å². The number of imidazole rings is 1. The fraction of sp³-hybridized carbons (Fsp3) is 0.318. The summed E-state index contributed by atoms with van der Waals surface area (Å²) in [6, 6.07) is 14.7. The van der Waals surface area contributed by atoms with Gasteiger partial charge >= 0.3 is 12.1 Å². The molecule has 2 aromatic carbocycles. The zero-order chi connectivity index (χ0) is 21.2. The van der Waals surface area contributed by atoms with E-state index in [0.717, 1.165) is 5.56 Å². The quantitative estimate of drug-likeness (QED) is 0.475. The van der Waals surface area contributed by atoms with Gasteiger partial charge in [0.15, 0.2) is 0 Å². The van der Waals surface area contributed by atoms with Crippen LogP contribution in [0.4, 0.5) is 10.7 Å². The molecule has 7 heteroatoms. The molecular formula is C22H26N4O3. The lowest BCUT2D eigenvalue weighted by Gasteiger charge is -2.20. The van der Waals surface area contributed by atoms with E-state index < -0.39 is 6.09 Å². The third-order valence-corrected chi connectivity index (χ3v) is 4.24. The van der Waals surface area contributed by atoms with E-state index in [2.05, 4.69) is 31.1 Å². The first kappa shape index (κ1) is 20.4. The molecule has 0 unspecified atom stereocenters. The van der Waals surface area contributed by atoms with Crippen LogP contribution < -0.4 is 10.1 Å². The number of amides is 1. The molecule has 0 radical (unpaired) electrons. The van der Waals surface area contributed by atoms with Gasteiger partial charge in [-0.15, -0.1) is 0 Å². The number of anilines is 1. The third-order valence-electron chi connectivity index (χ3n) is 4.24. The monoisotopic (exact) mass is 394 g/mol. The minimum absolute atomic E-state index is 0.0451. The zero-order valence-corrected chi connectivity index (χ0v) is 17.3. The van der Waals surface area contributed by atoms with Crippen molar-refractivity contribution < 1.29 is 14.3 Å². The highest BCUT2D eigenvalue weighted by atomic mass is 16.6. The molecule has 0 saturated heterocycles. The van der Waals surface area contributed by atoms with Gasteiger partial charge in [0, 0.05) is 0 Å². The van der Waals surface area contributed by atoms with Gasteiger partial charge < -0.3 is 9.47 Å². The van der Waals surface area contributed by atoms with Crippen molar-refractivity contribution in [1.82, 2.24) is 9.55 Å². The average Bonchev–Trinajstić information content (AvgIpc) is 2.98. The van der Waals surface area contributed by atoms with Crippen LogP contribution in [0.5, 0.6) is 5.75 Å². The second kappa shape index (κ2) is 7.95. The lowest BCUT2D eigenvalue weighted by molar-refractivity contribution is 0.129. The summed E-state index contributed by atoms with van der Waals surface area (Å²) >= 11 is 0. The van der Waals surface area contributed by atoms with Crippen molar-refractivity contribution in [3.63, 3.8) is 0 Å². The van der Waals surface area contributed by atoms with Crippen LogP contribution in [0.25, 0.3) is 11.0 Å². The Bertz CT molecular complexity index is 1050. The summed E-state index contributed by atoms with van der Waals surface area (Å²) < 4.78 is 12.4. The molecule has 0 aliphatic heterocycles. The lowest BCUT2D eigenvalue weighted by Crippen LogP contribution is -2.25. The number of para-hydroxylation sites is 2. The van der Waals surface area contributed by atoms with Crippen molar-refractivity contribution in [3.05, 3.63) is 54.1 Å². The highest BCUT2D eigenvalue weighted by Gasteiger charge is 2.20. The zero-order valence-electron chi connectivity index (χ0n) is 17.3. The Morgan fingerprint density at radius 1 is 1.14 bits per heavy atom. The number of hydrogen-bond donors (Lipinski definition) is 2. The molecule has 0 aliphatic rings. The van der Waals surface area contributed by atoms with Gasteiger partial charge in [-0.25, -0.2) is 14.3 Å². The number of carbonyl (C=O) groups is 1. The maximum atomic E-state index is 12.1. The largest absolute Gasteiger partial charge is 0.447 e. The normalized spacial score (nSPS) is 11.5. The summed E-state index contributed by atoms with van der Waals surface area (Å²) in [5.41, 5.74) is 2.32. The topological polar surface area (TPSA) is 89.2 Å². The number of ether oxygens (including phenoxy) is 2. The fourth-order valence-electron chi connectivity index (χ4n) is 2.83.